The summed E-state index contributed by atoms with van der Waals surface area (Å²) in [6, 6.07) is 97.7. The molecule has 0 N–H and O–H groups in total. The van der Waals surface area contributed by atoms with Crippen LogP contribution in [0.25, 0.3) is 22.3 Å². The Labute approximate surface area is 575 Å². The molecule has 4 aliphatic rings. The largest absolute Gasteiger partial charge is 0.497 e. The van der Waals surface area contributed by atoms with Gasteiger partial charge in [0, 0.05) is 80.1 Å². The minimum absolute atomic E-state index is 0.228. The van der Waals surface area contributed by atoms with E-state index in [1.165, 1.54) is 94.2 Å². The van der Waals surface area contributed by atoms with E-state index in [9.17, 15) is 0 Å². The number of benzene rings is 12. The summed E-state index contributed by atoms with van der Waals surface area (Å²) >= 11 is 0. The zero-order valence-electron chi connectivity index (χ0n) is 56.2. The first kappa shape index (κ1) is 61.5. The van der Waals surface area contributed by atoms with E-state index >= 15 is 0 Å². The lowest BCUT2D eigenvalue weighted by atomic mass is 9.78. The van der Waals surface area contributed by atoms with E-state index < -0.39 is 0 Å². The van der Waals surface area contributed by atoms with Crippen LogP contribution in [0.1, 0.15) is 95.6 Å². The van der Waals surface area contributed by atoms with E-state index in [0.29, 0.717) is 11.8 Å². The van der Waals surface area contributed by atoms with Crippen LogP contribution >= 0.6 is 0 Å². The summed E-state index contributed by atoms with van der Waals surface area (Å²) in [7, 11) is 10.3. The summed E-state index contributed by atoms with van der Waals surface area (Å²) in [6.45, 7) is 0. The minimum atomic E-state index is -0.236. The number of fused-ring (bicyclic) bond motifs is 6. The lowest BCUT2D eigenvalue weighted by molar-refractivity contribution is 0.414. The van der Waals surface area contributed by atoms with Crippen molar-refractivity contribution in [3.8, 4) is 56.8 Å². The van der Waals surface area contributed by atoms with Crippen LogP contribution in [0.3, 0.4) is 0 Å². The SMILES string of the molecule is COc1ccc(N(c2ccc(OC)cc2)c2ccc3c(c2)C(C2c4cc(N(c5ccc(OC)cc5)c5ccc(C6CCC6)cc5)ccc4-c4ccc(N(c5ccc(OC)cc5)c5ccc(C6CCC6)cc5)cc42)c2cc(N(c4ccc(OC)cc4)c4ccc(OC)cc4)ccc2-3)cc1. The summed E-state index contributed by atoms with van der Waals surface area (Å²) in [5.41, 5.74) is 24.9. The maximum absolute atomic E-state index is 5.79. The Kier molecular flexibility index (Phi) is 16.5. The number of anilines is 12. The molecule has 0 heterocycles. The third-order valence-corrected chi connectivity index (χ3v) is 20.9. The van der Waals surface area contributed by atoms with Gasteiger partial charge in [0.15, 0.2) is 0 Å². The topological polar surface area (TPSA) is 68.3 Å². The molecule has 2 fully saturated rings. The molecule has 10 nitrogen and oxygen atoms in total. The van der Waals surface area contributed by atoms with Crippen LogP contribution in [0.15, 0.2) is 267 Å². The third-order valence-electron chi connectivity index (χ3n) is 20.9. The van der Waals surface area contributed by atoms with Gasteiger partial charge in [-0.1, -0.05) is 61.4 Å². The van der Waals surface area contributed by atoms with Crippen molar-refractivity contribution in [2.24, 2.45) is 0 Å². The highest BCUT2D eigenvalue weighted by molar-refractivity contribution is 5.93. The Morgan fingerprint density at radius 2 is 0.388 bits per heavy atom. The molecule has 0 saturated heterocycles. The van der Waals surface area contributed by atoms with Gasteiger partial charge in [-0.05, 0) is 312 Å². The van der Waals surface area contributed by atoms with Gasteiger partial charge >= 0.3 is 0 Å². The molecule has 12 aromatic carbocycles. The molecular formula is C88H78N4O6. The van der Waals surface area contributed by atoms with Crippen LogP contribution in [-0.2, 0) is 0 Å². The van der Waals surface area contributed by atoms with Crippen LogP contribution in [0.2, 0.25) is 0 Å². The standard InChI is InChI=1S/C88H78N4O6/c1-93-73-37-21-63(22-38-73)89(61-17-13-59(14-18-61)57-9-7-10-57)69-33-49-79-80-50-34-70(90(64-23-39-74(94-2)40-24-64)62-19-15-60(16-20-62)58-11-8-12-58)54-84(80)87(83(79)53-69)88-85-55-71(91(65-25-41-75(95-3)42-26-65)66-27-43-76(96-4)44-28-66)35-51-81(85)82-52-36-72(56-86(82)88)92(67-29-45-77(97-5)46-30-67)68-31-47-78(98-6)48-32-68/h13-58,87-88H,7-12H2,1-6H3. The quantitative estimate of drug-likeness (QED) is 0.0695. The van der Waals surface area contributed by atoms with Crippen molar-refractivity contribution in [2.75, 3.05) is 62.3 Å². The van der Waals surface area contributed by atoms with Crippen molar-refractivity contribution in [1.82, 2.24) is 0 Å². The molecule has 0 atom stereocenters. The van der Waals surface area contributed by atoms with Crippen molar-refractivity contribution in [3.05, 3.63) is 300 Å². The first-order valence-electron chi connectivity index (χ1n) is 34.1. The fourth-order valence-electron chi connectivity index (χ4n) is 15.3. The number of methoxy groups -OCH3 is 6. The maximum Gasteiger partial charge on any atom is 0.119 e. The second-order valence-corrected chi connectivity index (χ2v) is 26.0. The second kappa shape index (κ2) is 26.3. The van der Waals surface area contributed by atoms with Gasteiger partial charge in [0.2, 0.25) is 0 Å². The number of hydrogen-bond donors (Lipinski definition) is 0. The van der Waals surface area contributed by atoms with Crippen LogP contribution < -0.4 is 48.0 Å². The summed E-state index contributed by atoms with van der Waals surface area (Å²) in [6.07, 6.45) is 7.50. The third kappa shape index (κ3) is 11.3. The summed E-state index contributed by atoms with van der Waals surface area (Å²) in [4.78, 5) is 9.53. The number of nitrogens with zero attached hydrogens (tertiary/aromatic N) is 4. The fraction of sp³-hybridized carbons (Fsp3) is 0.182. The molecule has 0 amide bonds. The van der Waals surface area contributed by atoms with Crippen LogP contribution in [0.4, 0.5) is 68.2 Å². The predicted molar refractivity (Wildman–Crippen MR) is 399 cm³/mol. The number of hydrogen-bond acceptors (Lipinski definition) is 10. The van der Waals surface area contributed by atoms with Crippen molar-refractivity contribution in [1.29, 1.82) is 0 Å². The fourth-order valence-corrected chi connectivity index (χ4v) is 15.3. The molecule has 0 aliphatic heterocycles. The van der Waals surface area contributed by atoms with E-state index in [-0.39, 0.29) is 11.8 Å². The smallest absolute Gasteiger partial charge is 0.119 e. The summed E-state index contributed by atoms with van der Waals surface area (Å²) in [5.74, 6) is 5.49. The maximum atomic E-state index is 5.79. The zero-order chi connectivity index (χ0) is 66.4. The van der Waals surface area contributed by atoms with Gasteiger partial charge in [0.05, 0.1) is 42.7 Å². The minimum Gasteiger partial charge on any atom is -0.497 e. The van der Waals surface area contributed by atoms with E-state index in [0.717, 1.165) is 103 Å². The Morgan fingerprint density at radius 3 is 0.551 bits per heavy atom. The lowest BCUT2D eigenvalue weighted by Crippen LogP contribution is -2.15. The number of rotatable bonds is 21. The average molecular weight is 1290 g/mol. The normalized spacial score (nSPS) is 13.8. The Bertz CT molecular complexity index is 4420. The van der Waals surface area contributed by atoms with Gasteiger partial charge < -0.3 is 48.0 Å². The second-order valence-electron chi connectivity index (χ2n) is 26.0. The molecule has 0 aromatic heterocycles. The van der Waals surface area contributed by atoms with E-state index in [2.05, 4.69) is 238 Å². The van der Waals surface area contributed by atoms with Gasteiger partial charge in [-0.25, -0.2) is 0 Å². The Hall–Kier alpha value is -11.4. The summed E-state index contributed by atoms with van der Waals surface area (Å²) in [5, 5.41) is 0. The van der Waals surface area contributed by atoms with Gasteiger partial charge in [-0.2, -0.15) is 0 Å². The Balaban J connectivity index is 0.947. The molecule has 12 aromatic rings. The van der Waals surface area contributed by atoms with Gasteiger partial charge in [0.25, 0.3) is 0 Å². The average Bonchev–Trinajstić information content (AvgIpc) is 1.55. The molecule has 0 unspecified atom stereocenters. The highest BCUT2D eigenvalue weighted by Crippen LogP contribution is 2.62. The molecule has 16 rings (SSSR count). The molecule has 10 heteroatoms. The van der Waals surface area contributed by atoms with Crippen LogP contribution in [0.5, 0.6) is 34.5 Å². The predicted octanol–water partition coefficient (Wildman–Crippen LogP) is 23.1. The zero-order valence-corrected chi connectivity index (χ0v) is 56.2. The van der Waals surface area contributed by atoms with Gasteiger partial charge in [0.1, 0.15) is 34.5 Å². The van der Waals surface area contributed by atoms with Crippen LogP contribution in [0, 0.1) is 0 Å². The molecule has 0 radical (unpaired) electrons. The van der Waals surface area contributed by atoms with Gasteiger partial charge in [-0.15, -0.1) is 0 Å². The van der Waals surface area contributed by atoms with Crippen molar-refractivity contribution in [2.45, 2.75) is 62.2 Å². The number of ether oxygens (including phenoxy) is 6. The molecule has 0 bridgehead atoms. The Morgan fingerprint density at radius 1 is 0.214 bits per heavy atom. The summed E-state index contributed by atoms with van der Waals surface area (Å²) < 4.78 is 34.6. The molecule has 486 valence electrons. The van der Waals surface area contributed by atoms with E-state index in [1.807, 2.05) is 48.5 Å². The van der Waals surface area contributed by atoms with Crippen LogP contribution in [-0.4, -0.2) is 42.7 Å². The molecule has 0 spiro atoms. The van der Waals surface area contributed by atoms with E-state index in [1.54, 1.807) is 42.7 Å². The van der Waals surface area contributed by atoms with Crippen molar-refractivity contribution in [3.63, 3.8) is 0 Å². The lowest BCUT2D eigenvalue weighted by Gasteiger charge is -2.31. The first-order chi connectivity index (χ1) is 48.3. The molecular weight excluding hydrogens is 1210 g/mol. The first-order valence-corrected chi connectivity index (χ1v) is 34.1. The highest BCUT2D eigenvalue weighted by Gasteiger charge is 2.43. The molecule has 4 aliphatic carbocycles. The van der Waals surface area contributed by atoms with Crippen molar-refractivity contribution >= 4 is 68.2 Å². The highest BCUT2D eigenvalue weighted by atomic mass is 16.5. The molecule has 98 heavy (non-hydrogen) atoms. The monoisotopic (exact) mass is 1290 g/mol. The molecule has 2 saturated carbocycles. The van der Waals surface area contributed by atoms with Gasteiger partial charge in [-0.3, -0.25) is 0 Å². The van der Waals surface area contributed by atoms with Crippen molar-refractivity contribution < 1.29 is 28.4 Å². The van der Waals surface area contributed by atoms with E-state index in [4.69, 9.17) is 28.4 Å².